The van der Waals surface area contributed by atoms with Gasteiger partial charge in [-0.15, -0.1) is 0 Å². The Morgan fingerprint density at radius 1 is 1.03 bits per heavy atom. The fourth-order valence-electron chi connectivity index (χ4n) is 4.35. The first-order valence-corrected chi connectivity index (χ1v) is 12.2. The van der Waals surface area contributed by atoms with E-state index in [4.69, 9.17) is 4.74 Å². The lowest BCUT2D eigenvalue weighted by Crippen LogP contribution is -2.31. The maximum atomic E-state index is 13.2. The third-order valence-corrected chi connectivity index (χ3v) is 6.32. The molecule has 0 radical (unpaired) electrons. The summed E-state index contributed by atoms with van der Waals surface area (Å²) < 4.78 is 5.74. The summed E-state index contributed by atoms with van der Waals surface area (Å²) in [5.41, 5.74) is 1.67. The van der Waals surface area contributed by atoms with Crippen molar-refractivity contribution in [2.24, 2.45) is 0 Å². The van der Waals surface area contributed by atoms with Crippen molar-refractivity contribution in [2.45, 2.75) is 32.2 Å². The molecule has 1 fully saturated rings. The van der Waals surface area contributed by atoms with Crippen LogP contribution in [0.5, 0.6) is 5.75 Å². The third kappa shape index (κ3) is 5.69. The molecule has 1 unspecified atom stereocenters. The molecule has 1 N–H and O–H groups in total. The Balaban J connectivity index is 1.75. The molecule has 0 aromatic heterocycles. The van der Waals surface area contributed by atoms with Gasteiger partial charge < -0.3 is 14.7 Å². The number of Topliss-reactive ketones (excluding diaryl/α,β-unsaturated/α-hetero) is 1. The van der Waals surface area contributed by atoms with Gasteiger partial charge in [-0.1, -0.05) is 55.8 Å². The standard InChI is InChI=1S/C29H28N2O6/c1-2-3-18-37-24-11-7-10-22(19-24)27(32)25-26(21-12-14-23(15-13-21)31(35)36)30(29(34)28(25)33)17-16-20-8-5-4-6-9-20/h4-15,19,26,32H,2-3,16-18H2,1H3/b27-25+. The summed E-state index contributed by atoms with van der Waals surface area (Å²) in [4.78, 5) is 38.5. The van der Waals surface area contributed by atoms with Crippen molar-refractivity contribution in [3.63, 3.8) is 0 Å². The number of non-ortho nitro benzene ring substituents is 1. The third-order valence-electron chi connectivity index (χ3n) is 6.32. The van der Waals surface area contributed by atoms with Crippen LogP contribution < -0.4 is 4.74 Å². The van der Waals surface area contributed by atoms with Gasteiger partial charge in [0.1, 0.15) is 11.5 Å². The number of benzene rings is 3. The van der Waals surface area contributed by atoms with Crippen LogP contribution in [0.15, 0.2) is 84.4 Å². The highest BCUT2D eigenvalue weighted by atomic mass is 16.6. The Kier molecular flexibility index (Phi) is 7.98. The second-order valence-electron chi connectivity index (χ2n) is 8.81. The molecule has 1 saturated heterocycles. The number of carbonyl (C=O) groups excluding carboxylic acids is 2. The molecule has 3 aromatic carbocycles. The van der Waals surface area contributed by atoms with Gasteiger partial charge in [0, 0.05) is 24.2 Å². The highest BCUT2D eigenvalue weighted by Gasteiger charge is 2.46. The van der Waals surface area contributed by atoms with Crippen LogP contribution in [-0.2, 0) is 16.0 Å². The van der Waals surface area contributed by atoms with Crippen molar-refractivity contribution in [3.05, 3.63) is 111 Å². The van der Waals surface area contributed by atoms with E-state index < -0.39 is 22.7 Å². The van der Waals surface area contributed by atoms with Crippen molar-refractivity contribution in [1.82, 2.24) is 4.90 Å². The maximum Gasteiger partial charge on any atom is 0.295 e. The molecule has 8 nitrogen and oxygen atoms in total. The average molecular weight is 501 g/mol. The summed E-state index contributed by atoms with van der Waals surface area (Å²) >= 11 is 0. The lowest BCUT2D eigenvalue weighted by molar-refractivity contribution is -0.384. The number of amides is 1. The smallest absolute Gasteiger partial charge is 0.295 e. The normalized spacial score (nSPS) is 16.7. The average Bonchev–Trinajstić information content (AvgIpc) is 3.17. The number of likely N-dealkylation sites (tertiary alicyclic amines) is 1. The van der Waals surface area contributed by atoms with Crippen LogP contribution >= 0.6 is 0 Å². The number of nitro benzene ring substituents is 1. The lowest BCUT2D eigenvalue weighted by Gasteiger charge is -2.25. The number of hydrogen-bond acceptors (Lipinski definition) is 6. The summed E-state index contributed by atoms with van der Waals surface area (Å²) in [5.74, 6) is -1.30. The number of aliphatic hydroxyl groups excluding tert-OH is 1. The van der Waals surface area contributed by atoms with Gasteiger partial charge >= 0.3 is 0 Å². The number of hydrogen-bond donors (Lipinski definition) is 1. The molecule has 1 heterocycles. The zero-order valence-electron chi connectivity index (χ0n) is 20.5. The predicted molar refractivity (Wildman–Crippen MR) is 139 cm³/mol. The van der Waals surface area contributed by atoms with Gasteiger partial charge in [-0.2, -0.15) is 0 Å². The van der Waals surface area contributed by atoms with Gasteiger partial charge in [0.15, 0.2) is 0 Å². The number of ether oxygens (including phenoxy) is 1. The summed E-state index contributed by atoms with van der Waals surface area (Å²) in [6, 6.07) is 21.1. The molecular formula is C29H28N2O6. The van der Waals surface area contributed by atoms with Crippen LogP contribution in [0.3, 0.4) is 0 Å². The molecule has 3 aromatic rings. The Hall–Kier alpha value is -4.46. The number of nitrogens with zero attached hydrogens (tertiary/aromatic N) is 2. The van der Waals surface area contributed by atoms with Gasteiger partial charge in [0.25, 0.3) is 17.4 Å². The Morgan fingerprint density at radius 3 is 2.43 bits per heavy atom. The zero-order valence-corrected chi connectivity index (χ0v) is 20.5. The fraction of sp³-hybridized carbons (Fsp3) is 0.241. The SMILES string of the molecule is CCCCOc1cccc(/C(O)=C2\C(=O)C(=O)N(CCc3ccccc3)C2c2ccc([N+](=O)[O-])cc2)c1. The number of nitro groups is 1. The molecule has 190 valence electrons. The summed E-state index contributed by atoms with van der Waals surface area (Å²) in [5, 5.41) is 22.5. The van der Waals surface area contributed by atoms with Crippen molar-refractivity contribution in [2.75, 3.05) is 13.2 Å². The van der Waals surface area contributed by atoms with E-state index in [9.17, 15) is 24.8 Å². The molecule has 1 atom stereocenters. The van der Waals surface area contributed by atoms with E-state index in [0.29, 0.717) is 29.9 Å². The number of unbranched alkanes of at least 4 members (excludes halogenated alkanes) is 1. The molecule has 0 aliphatic carbocycles. The lowest BCUT2D eigenvalue weighted by atomic mass is 9.95. The van der Waals surface area contributed by atoms with Crippen LogP contribution in [0.2, 0.25) is 0 Å². The molecule has 0 spiro atoms. The summed E-state index contributed by atoms with van der Waals surface area (Å²) in [6.45, 7) is 2.81. The summed E-state index contributed by atoms with van der Waals surface area (Å²) in [6.07, 6.45) is 2.35. The van der Waals surface area contributed by atoms with E-state index >= 15 is 0 Å². The van der Waals surface area contributed by atoms with Gasteiger partial charge in [0.2, 0.25) is 0 Å². The van der Waals surface area contributed by atoms with Crippen LogP contribution in [0.4, 0.5) is 5.69 Å². The first-order chi connectivity index (χ1) is 17.9. The Labute approximate surface area is 215 Å². The first kappa shape index (κ1) is 25.6. The van der Waals surface area contributed by atoms with Crippen molar-refractivity contribution >= 4 is 23.1 Å². The second kappa shape index (κ2) is 11.5. The molecule has 0 bridgehead atoms. The topological polar surface area (TPSA) is 110 Å². The van der Waals surface area contributed by atoms with E-state index in [1.807, 2.05) is 30.3 Å². The molecule has 37 heavy (non-hydrogen) atoms. The van der Waals surface area contributed by atoms with Gasteiger partial charge in [-0.05, 0) is 48.2 Å². The van der Waals surface area contributed by atoms with Crippen LogP contribution in [0.25, 0.3) is 5.76 Å². The number of ketones is 1. The molecule has 1 aliphatic rings. The molecule has 0 saturated carbocycles. The number of rotatable bonds is 10. The number of carbonyl (C=O) groups is 2. The van der Waals surface area contributed by atoms with E-state index in [2.05, 4.69) is 6.92 Å². The second-order valence-corrected chi connectivity index (χ2v) is 8.81. The van der Waals surface area contributed by atoms with E-state index in [1.165, 1.54) is 29.2 Å². The van der Waals surface area contributed by atoms with Crippen molar-refractivity contribution < 1.29 is 24.4 Å². The molecule has 1 amide bonds. The predicted octanol–water partition coefficient (Wildman–Crippen LogP) is 5.44. The summed E-state index contributed by atoms with van der Waals surface area (Å²) in [7, 11) is 0. The highest BCUT2D eigenvalue weighted by Crippen LogP contribution is 2.40. The van der Waals surface area contributed by atoms with E-state index in [0.717, 1.165) is 18.4 Å². The first-order valence-electron chi connectivity index (χ1n) is 12.2. The molecule has 4 rings (SSSR count). The van der Waals surface area contributed by atoms with Gasteiger partial charge in [-0.25, -0.2) is 0 Å². The largest absolute Gasteiger partial charge is 0.507 e. The minimum absolute atomic E-state index is 0.0578. The highest BCUT2D eigenvalue weighted by molar-refractivity contribution is 6.46. The monoisotopic (exact) mass is 500 g/mol. The van der Waals surface area contributed by atoms with Crippen LogP contribution in [0, 0.1) is 10.1 Å². The minimum atomic E-state index is -0.894. The molecule has 1 aliphatic heterocycles. The van der Waals surface area contributed by atoms with Crippen molar-refractivity contribution in [3.8, 4) is 5.75 Å². The molecular weight excluding hydrogens is 472 g/mol. The van der Waals surface area contributed by atoms with E-state index in [1.54, 1.807) is 24.3 Å². The zero-order chi connectivity index (χ0) is 26.4. The maximum absolute atomic E-state index is 13.2. The van der Waals surface area contributed by atoms with E-state index in [-0.39, 0.29) is 23.6 Å². The minimum Gasteiger partial charge on any atom is -0.507 e. The van der Waals surface area contributed by atoms with Gasteiger partial charge in [-0.3, -0.25) is 19.7 Å². The van der Waals surface area contributed by atoms with Crippen LogP contribution in [-0.4, -0.2) is 39.8 Å². The van der Waals surface area contributed by atoms with Gasteiger partial charge in [0.05, 0.1) is 23.1 Å². The fourth-order valence-corrected chi connectivity index (χ4v) is 4.35. The number of aliphatic hydroxyl groups is 1. The van der Waals surface area contributed by atoms with Crippen LogP contribution in [0.1, 0.15) is 42.5 Å². The van der Waals surface area contributed by atoms with Crippen molar-refractivity contribution in [1.29, 1.82) is 0 Å². The Bertz CT molecular complexity index is 1320. The Morgan fingerprint density at radius 2 is 1.76 bits per heavy atom. The molecule has 8 heteroatoms. The quantitative estimate of drug-likeness (QED) is 0.0992.